The van der Waals surface area contributed by atoms with Gasteiger partial charge in [-0.15, -0.1) is 0 Å². The maximum Gasteiger partial charge on any atom is 0.0858 e. The summed E-state index contributed by atoms with van der Waals surface area (Å²) in [5, 5.41) is 11.5. The zero-order valence-corrected chi connectivity index (χ0v) is 8.88. The Kier molecular flexibility index (Phi) is 2.67. The molecule has 0 bridgehead atoms. The molecule has 0 aliphatic rings. The van der Waals surface area contributed by atoms with E-state index in [2.05, 4.69) is 29.4 Å². The summed E-state index contributed by atoms with van der Waals surface area (Å²) in [6, 6.07) is 8.48. The van der Waals surface area contributed by atoms with Crippen LogP contribution in [0.3, 0.4) is 0 Å². The van der Waals surface area contributed by atoms with Gasteiger partial charge in [0.1, 0.15) is 0 Å². The molecule has 0 atom stereocenters. The first-order chi connectivity index (χ1) is 7.25. The molecule has 0 saturated heterocycles. The van der Waals surface area contributed by atoms with Gasteiger partial charge in [0, 0.05) is 11.7 Å². The van der Waals surface area contributed by atoms with Gasteiger partial charge in [-0.3, -0.25) is 0 Å². The first kappa shape index (κ1) is 9.71. The van der Waals surface area contributed by atoms with Crippen LogP contribution in [0.4, 0.5) is 5.69 Å². The van der Waals surface area contributed by atoms with Crippen LogP contribution in [0.1, 0.15) is 13.8 Å². The first-order valence-electron chi connectivity index (χ1n) is 4.99. The molecule has 1 heterocycles. The Morgan fingerprint density at radius 3 is 2.20 bits per heavy atom. The Bertz CT molecular complexity index is 403. The van der Waals surface area contributed by atoms with E-state index in [4.69, 9.17) is 0 Å². The molecule has 1 N–H and O–H groups in total. The van der Waals surface area contributed by atoms with E-state index in [9.17, 15) is 0 Å². The smallest absolute Gasteiger partial charge is 0.0858 e. The third-order valence-electron chi connectivity index (χ3n) is 1.97. The molecule has 0 fully saturated rings. The van der Waals surface area contributed by atoms with Gasteiger partial charge in [0.15, 0.2) is 0 Å². The molecule has 0 saturated carbocycles. The van der Waals surface area contributed by atoms with Gasteiger partial charge in [0.25, 0.3) is 0 Å². The van der Waals surface area contributed by atoms with Crippen LogP contribution in [-0.2, 0) is 0 Å². The summed E-state index contributed by atoms with van der Waals surface area (Å²) in [6.07, 6.45) is 3.33. The van der Waals surface area contributed by atoms with Crippen LogP contribution in [0.25, 0.3) is 5.69 Å². The molecular formula is C11H14N4. The zero-order chi connectivity index (χ0) is 10.7. The maximum absolute atomic E-state index is 4.06. The zero-order valence-electron chi connectivity index (χ0n) is 8.88. The van der Waals surface area contributed by atoms with Gasteiger partial charge in [-0.1, -0.05) is 0 Å². The van der Waals surface area contributed by atoms with Crippen molar-refractivity contribution in [3.05, 3.63) is 36.7 Å². The predicted molar refractivity (Wildman–Crippen MR) is 60.1 cm³/mol. The fourth-order valence-corrected chi connectivity index (χ4v) is 1.37. The molecule has 1 aromatic heterocycles. The number of nitrogens with one attached hydrogen (secondary N) is 1. The van der Waals surface area contributed by atoms with Crippen LogP contribution in [-0.4, -0.2) is 21.0 Å². The summed E-state index contributed by atoms with van der Waals surface area (Å²) in [5.41, 5.74) is 2.08. The second-order valence-electron chi connectivity index (χ2n) is 3.66. The Morgan fingerprint density at radius 1 is 1.07 bits per heavy atom. The van der Waals surface area contributed by atoms with Crippen LogP contribution in [0.15, 0.2) is 36.7 Å². The van der Waals surface area contributed by atoms with Crippen LogP contribution in [0.2, 0.25) is 0 Å². The van der Waals surface area contributed by atoms with Crippen molar-refractivity contribution in [1.82, 2.24) is 15.0 Å². The van der Waals surface area contributed by atoms with Crippen molar-refractivity contribution < 1.29 is 0 Å². The highest BCUT2D eigenvalue weighted by Gasteiger charge is 1.98. The van der Waals surface area contributed by atoms with Crippen molar-refractivity contribution in [2.24, 2.45) is 0 Å². The Hall–Kier alpha value is -1.84. The van der Waals surface area contributed by atoms with Crippen molar-refractivity contribution in [1.29, 1.82) is 0 Å². The van der Waals surface area contributed by atoms with E-state index < -0.39 is 0 Å². The standard InChI is InChI=1S/C11H14N4/c1-9(2)14-10-3-5-11(6-4-10)15-12-7-8-13-15/h3-9,14H,1-2H3. The third kappa shape index (κ3) is 2.34. The number of aromatic nitrogens is 3. The van der Waals surface area contributed by atoms with Crippen molar-refractivity contribution in [3.8, 4) is 5.69 Å². The molecule has 1 aromatic carbocycles. The minimum atomic E-state index is 0.443. The van der Waals surface area contributed by atoms with Gasteiger partial charge in [-0.25, -0.2) is 0 Å². The summed E-state index contributed by atoms with van der Waals surface area (Å²) in [4.78, 5) is 1.60. The van der Waals surface area contributed by atoms with Gasteiger partial charge >= 0.3 is 0 Å². The molecule has 0 aliphatic carbocycles. The molecule has 2 aromatic rings. The number of hydrogen-bond donors (Lipinski definition) is 1. The van der Waals surface area contributed by atoms with Crippen LogP contribution in [0, 0.1) is 0 Å². The molecule has 0 unspecified atom stereocenters. The quantitative estimate of drug-likeness (QED) is 0.828. The minimum absolute atomic E-state index is 0.443. The SMILES string of the molecule is CC(C)Nc1ccc(-n2nccn2)cc1. The Balaban J connectivity index is 2.17. The van der Waals surface area contributed by atoms with Crippen molar-refractivity contribution in [2.45, 2.75) is 19.9 Å². The number of nitrogens with zero attached hydrogens (tertiary/aromatic N) is 3. The van der Waals surface area contributed by atoms with E-state index in [0.29, 0.717) is 6.04 Å². The molecule has 78 valence electrons. The van der Waals surface area contributed by atoms with Crippen LogP contribution in [0.5, 0.6) is 0 Å². The average Bonchev–Trinajstić information content (AvgIpc) is 2.71. The average molecular weight is 202 g/mol. The summed E-state index contributed by atoms with van der Waals surface area (Å²) >= 11 is 0. The number of hydrogen-bond acceptors (Lipinski definition) is 3. The normalized spacial score (nSPS) is 10.6. The fraction of sp³-hybridized carbons (Fsp3) is 0.273. The van der Waals surface area contributed by atoms with Gasteiger partial charge in [0.2, 0.25) is 0 Å². The number of rotatable bonds is 3. The lowest BCUT2D eigenvalue weighted by Gasteiger charge is -2.09. The van der Waals surface area contributed by atoms with Gasteiger partial charge in [0.05, 0.1) is 18.1 Å². The van der Waals surface area contributed by atoms with E-state index in [1.807, 2.05) is 24.3 Å². The largest absolute Gasteiger partial charge is 0.383 e. The molecule has 15 heavy (non-hydrogen) atoms. The summed E-state index contributed by atoms with van der Waals surface area (Å²) < 4.78 is 0. The van der Waals surface area contributed by atoms with E-state index in [0.717, 1.165) is 11.4 Å². The monoisotopic (exact) mass is 202 g/mol. The van der Waals surface area contributed by atoms with Crippen LogP contribution < -0.4 is 5.32 Å². The Morgan fingerprint density at radius 2 is 1.67 bits per heavy atom. The molecule has 4 heteroatoms. The van der Waals surface area contributed by atoms with E-state index >= 15 is 0 Å². The lowest BCUT2D eigenvalue weighted by atomic mass is 10.2. The van der Waals surface area contributed by atoms with E-state index in [1.165, 1.54) is 0 Å². The molecule has 0 amide bonds. The van der Waals surface area contributed by atoms with Gasteiger partial charge in [-0.05, 0) is 38.1 Å². The topological polar surface area (TPSA) is 42.7 Å². The molecular weight excluding hydrogens is 188 g/mol. The molecule has 0 radical (unpaired) electrons. The highest BCUT2D eigenvalue weighted by Crippen LogP contribution is 2.12. The number of benzene rings is 1. The first-order valence-corrected chi connectivity index (χ1v) is 4.99. The van der Waals surface area contributed by atoms with E-state index in [-0.39, 0.29) is 0 Å². The summed E-state index contributed by atoms with van der Waals surface area (Å²) in [7, 11) is 0. The minimum Gasteiger partial charge on any atom is -0.383 e. The predicted octanol–water partition coefficient (Wildman–Crippen LogP) is 2.09. The summed E-state index contributed by atoms with van der Waals surface area (Å²) in [6.45, 7) is 4.23. The highest BCUT2D eigenvalue weighted by atomic mass is 15.5. The Labute approximate surface area is 88.9 Å². The second kappa shape index (κ2) is 4.13. The number of anilines is 1. The lowest BCUT2D eigenvalue weighted by molar-refractivity contribution is 0.752. The van der Waals surface area contributed by atoms with E-state index in [1.54, 1.807) is 17.2 Å². The molecule has 2 rings (SSSR count). The lowest BCUT2D eigenvalue weighted by Crippen LogP contribution is -2.09. The third-order valence-corrected chi connectivity index (χ3v) is 1.97. The van der Waals surface area contributed by atoms with Gasteiger partial charge < -0.3 is 5.32 Å². The van der Waals surface area contributed by atoms with Crippen molar-refractivity contribution in [3.63, 3.8) is 0 Å². The van der Waals surface area contributed by atoms with Crippen molar-refractivity contribution >= 4 is 5.69 Å². The second-order valence-corrected chi connectivity index (χ2v) is 3.66. The van der Waals surface area contributed by atoms with Crippen molar-refractivity contribution in [2.75, 3.05) is 5.32 Å². The van der Waals surface area contributed by atoms with Gasteiger partial charge in [-0.2, -0.15) is 15.0 Å². The van der Waals surface area contributed by atoms with Crippen LogP contribution >= 0.6 is 0 Å². The molecule has 0 spiro atoms. The summed E-state index contributed by atoms with van der Waals surface area (Å²) in [5.74, 6) is 0. The molecule has 4 nitrogen and oxygen atoms in total. The molecule has 0 aliphatic heterocycles. The fourth-order valence-electron chi connectivity index (χ4n) is 1.37. The maximum atomic E-state index is 4.06. The highest BCUT2D eigenvalue weighted by molar-refractivity contribution is 5.48.